The number of carbonyl (C=O) groups is 2. The van der Waals surface area contributed by atoms with Crippen LogP contribution in [0.2, 0.25) is 0 Å². The summed E-state index contributed by atoms with van der Waals surface area (Å²) >= 11 is 0. The predicted octanol–water partition coefficient (Wildman–Crippen LogP) is -0.309. The number of aromatic nitrogens is 1. The Labute approximate surface area is 109 Å². The molecule has 0 unspecified atom stereocenters. The number of ketones is 1. The number of hydrogen-bond acceptors (Lipinski definition) is 4. The van der Waals surface area contributed by atoms with Crippen molar-refractivity contribution in [2.75, 3.05) is 6.54 Å². The van der Waals surface area contributed by atoms with E-state index >= 15 is 0 Å². The molecule has 2 heterocycles. The van der Waals surface area contributed by atoms with Gasteiger partial charge in [-0.05, 0) is 24.5 Å². The number of H-pyrrole nitrogens is 1. The van der Waals surface area contributed by atoms with Crippen LogP contribution in [0.3, 0.4) is 0 Å². The minimum Gasteiger partial charge on any atom is -0.402 e. The van der Waals surface area contributed by atoms with Gasteiger partial charge >= 0.3 is 0 Å². The van der Waals surface area contributed by atoms with Crippen LogP contribution in [0.4, 0.5) is 0 Å². The molecule has 1 aliphatic rings. The largest absolute Gasteiger partial charge is 0.402 e. The van der Waals surface area contributed by atoms with Crippen molar-refractivity contribution in [2.24, 2.45) is 5.73 Å². The topological polar surface area (TPSA) is 96.3 Å². The number of pyridine rings is 1. The molecule has 0 aromatic carbocycles. The van der Waals surface area contributed by atoms with Gasteiger partial charge in [-0.25, -0.2) is 0 Å². The molecule has 0 spiro atoms. The molecule has 3 N–H and O–H groups in total. The lowest BCUT2D eigenvalue weighted by Gasteiger charge is -2.27. The summed E-state index contributed by atoms with van der Waals surface area (Å²) in [6.07, 6.45) is 3.29. The van der Waals surface area contributed by atoms with Crippen molar-refractivity contribution in [3.8, 4) is 0 Å². The molecule has 0 atom stereocenters. The normalized spacial score (nSPS) is 15.0. The van der Waals surface area contributed by atoms with Gasteiger partial charge in [-0.15, -0.1) is 0 Å². The van der Waals surface area contributed by atoms with E-state index in [4.69, 9.17) is 5.73 Å². The summed E-state index contributed by atoms with van der Waals surface area (Å²) in [6, 6.07) is 1.53. The summed E-state index contributed by atoms with van der Waals surface area (Å²) in [5.74, 6) is -1.19. The highest BCUT2D eigenvalue weighted by atomic mass is 16.2. The van der Waals surface area contributed by atoms with Crippen LogP contribution in [0, 0.1) is 0 Å². The zero-order valence-corrected chi connectivity index (χ0v) is 10.6. The molecule has 6 heteroatoms. The number of allylic oxidation sites excluding steroid dienone is 1. The Hall–Kier alpha value is -2.37. The molecule has 0 bridgehead atoms. The number of nitrogens with two attached hydrogens (primary N) is 1. The van der Waals surface area contributed by atoms with Crippen LogP contribution >= 0.6 is 0 Å². The highest BCUT2D eigenvalue weighted by Crippen LogP contribution is 2.16. The fourth-order valence-electron chi connectivity index (χ4n) is 2.06. The van der Waals surface area contributed by atoms with Crippen LogP contribution in [0.15, 0.2) is 28.8 Å². The average molecular weight is 261 g/mol. The first-order valence-electron chi connectivity index (χ1n) is 5.95. The first kappa shape index (κ1) is 13.1. The summed E-state index contributed by atoms with van der Waals surface area (Å²) < 4.78 is 0. The van der Waals surface area contributed by atoms with Gasteiger partial charge < -0.3 is 15.6 Å². The number of aromatic amines is 1. The van der Waals surface area contributed by atoms with E-state index in [2.05, 4.69) is 4.98 Å². The fourth-order valence-corrected chi connectivity index (χ4v) is 2.06. The van der Waals surface area contributed by atoms with Crippen molar-refractivity contribution in [3.63, 3.8) is 0 Å². The van der Waals surface area contributed by atoms with Gasteiger partial charge in [0.2, 0.25) is 11.3 Å². The van der Waals surface area contributed by atoms with Gasteiger partial charge in [0.1, 0.15) is 0 Å². The number of fused-ring (bicyclic) bond motifs is 1. The SMILES string of the molecule is CC(N)=CC(=O)C(=O)N1CCc2cc(=O)[nH]cc2C1. The lowest BCUT2D eigenvalue weighted by atomic mass is 10.0. The molecule has 6 nitrogen and oxygen atoms in total. The molecule has 2 rings (SSSR count). The van der Waals surface area contributed by atoms with Crippen molar-refractivity contribution in [2.45, 2.75) is 19.9 Å². The van der Waals surface area contributed by atoms with Crippen LogP contribution in [0.1, 0.15) is 18.1 Å². The second-order valence-electron chi connectivity index (χ2n) is 4.58. The molecule has 1 aromatic rings. The lowest BCUT2D eigenvalue weighted by Crippen LogP contribution is -2.40. The Morgan fingerprint density at radius 1 is 1.42 bits per heavy atom. The summed E-state index contributed by atoms with van der Waals surface area (Å²) in [4.78, 5) is 38.7. The van der Waals surface area contributed by atoms with Crippen LogP contribution in [0.5, 0.6) is 0 Å². The number of rotatable bonds is 2. The van der Waals surface area contributed by atoms with E-state index < -0.39 is 11.7 Å². The first-order chi connectivity index (χ1) is 8.97. The van der Waals surface area contributed by atoms with Gasteiger partial charge in [0.25, 0.3) is 5.91 Å². The Bertz CT molecular complexity index is 612. The fraction of sp³-hybridized carbons (Fsp3) is 0.308. The van der Waals surface area contributed by atoms with Gasteiger partial charge in [0, 0.05) is 37.1 Å². The van der Waals surface area contributed by atoms with Gasteiger partial charge in [-0.1, -0.05) is 0 Å². The average Bonchev–Trinajstić information content (AvgIpc) is 2.36. The van der Waals surface area contributed by atoms with E-state index in [0.717, 1.165) is 17.2 Å². The van der Waals surface area contributed by atoms with Crippen molar-refractivity contribution in [3.05, 3.63) is 45.5 Å². The minimum atomic E-state index is -0.618. The molecule has 1 aliphatic heterocycles. The molecule has 1 aromatic heterocycles. The maximum absolute atomic E-state index is 11.9. The molecule has 0 aliphatic carbocycles. The smallest absolute Gasteiger partial charge is 0.294 e. The number of nitrogens with one attached hydrogen (secondary N) is 1. The van der Waals surface area contributed by atoms with Gasteiger partial charge in [-0.2, -0.15) is 0 Å². The highest BCUT2D eigenvalue weighted by Gasteiger charge is 2.24. The highest BCUT2D eigenvalue weighted by molar-refractivity contribution is 6.40. The number of hydrogen-bond donors (Lipinski definition) is 2. The lowest BCUT2D eigenvalue weighted by molar-refractivity contribution is -0.142. The monoisotopic (exact) mass is 261 g/mol. The van der Waals surface area contributed by atoms with E-state index in [9.17, 15) is 14.4 Å². The predicted molar refractivity (Wildman–Crippen MR) is 69.1 cm³/mol. The molecular formula is C13H15N3O3. The Kier molecular flexibility index (Phi) is 3.50. The van der Waals surface area contributed by atoms with E-state index in [1.807, 2.05) is 0 Å². The summed E-state index contributed by atoms with van der Waals surface area (Å²) in [5.41, 5.74) is 7.32. The van der Waals surface area contributed by atoms with Crippen LogP contribution in [0.25, 0.3) is 0 Å². The molecule has 0 fully saturated rings. The third kappa shape index (κ3) is 2.90. The van der Waals surface area contributed by atoms with Gasteiger partial charge in [0.15, 0.2) is 0 Å². The van der Waals surface area contributed by atoms with Gasteiger partial charge in [0.05, 0.1) is 0 Å². The quantitative estimate of drug-likeness (QED) is 0.564. The van der Waals surface area contributed by atoms with Crippen molar-refractivity contribution >= 4 is 11.7 Å². The molecule has 1 amide bonds. The standard InChI is InChI=1S/C13H15N3O3/c1-8(14)4-11(17)13(19)16-3-2-9-5-12(18)15-6-10(9)7-16/h4-6H,2-3,7,14H2,1H3,(H,15,18). The van der Waals surface area contributed by atoms with E-state index in [1.165, 1.54) is 11.0 Å². The Morgan fingerprint density at radius 3 is 2.84 bits per heavy atom. The van der Waals surface area contributed by atoms with E-state index in [-0.39, 0.29) is 5.56 Å². The molecule has 19 heavy (non-hydrogen) atoms. The Morgan fingerprint density at radius 2 is 2.16 bits per heavy atom. The maximum atomic E-state index is 11.9. The van der Waals surface area contributed by atoms with Crippen LogP contribution in [-0.2, 0) is 22.6 Å². The van der Waals surface area contributed by atoms with Crippen LogP contribution in [-0.4, -0.2) is 28.1 Å². The van der Waals surface area contributed by atoms with E-state index in [1.54, 1.807) is 13.1 Å². The second-order valence-corrected chi connectivity index (χ2v) is 4.58. The maximum Gasteiger partial charge on any atom is 0.294 e. The van der Waals surface area contributed by atoms with Crippen molar-refractivity contribution in [1.29, 1.82) is 0 Å². The third-order valence-electron chi connectivity index (χ3n) is 2.98. The van der Waals surface area contributed by atoms with Crippen LogP contribution < -0.4 is 11.3 Å². The molecule has 0 saturated carbocycles. The molecule has 0 saturated heterocycles. The second kappa shape index (κ2) is 5.09. The van der Waals surface area contributed by atoms with Crippen molar-refractivity contribution < 1.29 is 9.59 Å². The molecule has 0 radical (unpaired) electrons. The zero-order chi connectivity index (χ0) is 14.0. The minimum absolute atomic E-state index is 0.156. The van der Waals surface area contributed by atoms with Gasteiger partial charge in [-0.3, -0.25) is 14.4 Å². The number of amides is 1. The summed E-state index contributed by atoms with van der Waals surface area (Å²) in [6.45, 7) is 2.31. The van der Waals surface area contributed by atoms with E-state index in [0.29, 0.717) is 25.2 Å². The Balaban J connectivity index is 2.16. The summed E-state index contributed by atoms with van der Waals surface area (Å²) in [5, 5.41) is 0. The van der Waals surface area contributed by atoms with Crippen molar-refractivity contribution in [1.82, 2.24) is 9.88 Å². The first-order valence-corrected chi connectivity index (χ1v) is 5.95. The zero-order valence-electron chi connectivity index (χ0n) is 10.6. The third-order valence-corrected chi connectivity index (χ3v) is 2.98. The molecular weight excluding hydrogens is 246 g/mol. The molecule has 100 valence electrons. The number of nitrogens with zero attached hydrogens (tertiary/aromatic N) is 1. The summed E-state index contributed by atoms with van der Waals surface area (Å²) in [7, 11) is 0. The number of carbonyl (C=O) groups excluding carboxylic acids is 2.